The second-order valence-electron chi connectivity index (χ2n) is 4.60. The normalized spacial score (nSPS) is 11.4. The summed E-state index contributed by atoms with van der Waals surface area (Å²) in [4.78, 5) is 13.6. The molecule has 2 rings (SSSR count). The molecule has 0 saturated heterocycles. The minimum absolute atomic E-state index is 0.0361. The SMILES string of the molecule is O=C(N(Cc1ccc(Cl)cc1Cl)c1ccc(F)cc1)C(Cl)(Cl)Cl. The molecule has 0 saturated carbocycles. The van der Waals surface area contributed by atoms with Gasteiger partial charge in [0.25, 0.3) is 9.70 Å². The predicted molar refractivity (Wildman–Crippen MR) is 94.3 cm³/mol. The zero-order chi connectivity index (χ0) is 17.2. The van der Waals surface area contributed by atoms with Gasteiger partial charge in [-0.05, 0) is 42.0 Å². The van der Waals surface area contributed by atoms with Gasteiger partial charge < -0.3 is 4.90 Å². The Morgan fingerprint density at radius 3 is 2.17 bits per heavy atom. The van der Waals surface area contributed by atoms with Gasteiger partial charge >= 0.3 is 0 Å². The number of rotatable bonds is 3. The predicted octanol–water partition coefficient (Wildman–Crippen LogP) is 6.04. The second kappa shape index (κ2) is 7.45. The number of halogens is 6. The molecule has 122 valence electrons. The van der Waals surface area contributed by atoms with Crippen LogP contribution in [0.25, 0.3) is 0 Å². The summed E-state index contributed by atoms with van der Waals surface area (Å²) < 4.78 is 10.9. The Kier molecular flexibility index (Phi) is 6.04. The third kappa shape index (κ3) is 4.88. The lowest BCUT2D eigenvalue weighted by molar-refractivity contribution is -0.117. The van der Waals surface area contributed by atoms with Crippen LogP contribution < -0.4 is 4.90 Å². The summed E-state index contributed by atoms with van der Waals surface area (Å²) in [6, 6.07) is 10.1. The molecule has 0 aliphatic heterocycles. The monoisotopic (exact) mass is 413 g/mol. The Morgan fingerprint density at radius 1 is 1.04 bits per heavy atom. The third-order valence-corrected chi connectivity index (χ3v) is 4.04. The number of amides is 1. The Bertz CT molecular complexity index is 715. The Hall–Kier alpha value is -0.710. The van der Waals surface area contributed by atoms with E-state index in [2.05, 4.69) is 0 Å². The van der Waals surface area contributed by atoms with E-state index in [0.29, 0.717) is 21.3 Å². The fourth-order valence-corrected chi connectivity index (χ4v) is 2.65. The van der Waals surface area contributed by atoms with Crippen molar-refractivity contribution >= 4 is 69.6 Å². The smallest absolute Gasteiger partial charge is 0.279 e. The van der Waals surface area contributed by atoms with E-state index in [1.807, 2.05) is 0 Å². The molecule has 0 fully saturated rings. The molecule has 0 unspecified atom stereocenters. The largest absolute Gasteiger partial charge is 0.304 e. The molecule has 0 aromatic heterocycles. The molecule has 23 heavy (non-hydrogen) atoms. The topological polar surface area (TPSA) is 20.3 Å². The van der Waals surface area contributed by atoms with E-state index in [1.165, 1.54) is 29.2 Å². The summed E-state index contributed by atoms with van der Waals surface area (Å²) in [5.41, 5.74) is 0.969. The first kappa shape index (κ1) is 18.6. The lowest BCUT2D eigenvalue weighted by atomic mass is 10.2. The molecule has 0 aliphatic carbocycles. The van der Waals surface area contributed by atoms with Crippen LogP contribution in [0, 0.1) is 5.82 Å². The highest BCUT2D eigenvalue weighted by atomic mass is 35.6. The minimum Gasteiger partial charge on any atom is -0.304 e. The van der Waals surface area contributed by atoms with Gasteiger partial charge in [0.2, 0.25) is 0 Å². The first-order valence-electron chi connectivity index (χ1n) is 6.26. The molecule has 8 heteroatoms. The molecule has 0 heterocycles. The lowest BCUT2D eigenvalue weighted by Gasteiger charge is -2.26. The highest BCUT2D eigenvalue weighted by molar-refractivity contribution is 6.77. The van der Waals surface area contributed by atoms with Crippen molar-refractivity contribution in [1.29, 1.82) is 0 Å². The van der Waals surface area contributed by atoms with Crippen LogP contribution in [-0.4, -0.2) is 9.70 Å². The first-order chi connectivity index (χ1) is 10.7. The molecule has 0 aliphatic rings. The molecule has 2 aromatic carbocycles. The van der Waals surface area contributed by atoms with E-state index in [9.17, 15) is 9.18 Å². The van der Waals surface area contributed by atoms with Crippen molar-refractivity contribution in [3.8, 4) is 0 Å². The first-order valence-corrected chi connectivity index (χ1v) is 8.15. The van der Waals surface area contributed by atoms with Gasteiger partial charge in [0, 0.05) is 15.7 Å². The number of alkyl halides is 3. The molecule has 1 amide bonds. The standard InChI is InChI=1S/C15H9Cl5FNO/c16-10-2-1-9(13(17)7-10)8-22(14(23)15(18,19)20)12-5-3-11(21)4-6-12/h1-7H,8H2. The van der Waals surface area contributed by atoms with Crippen LogP contribution >= 0.6 is 58.0 Å². The van der Waals surface area contributed by atoms with Gasteiger partial charge in [-0.2, -0.15) is 0 Å². The summed E-state index contributed by atoms with van der Waals surface area (Å²) in [6.07, 6.45) is 0. The Labute approximate surface area is 157 Å². The Morgan fingerprint density at radius 2 is 1.65 bits per heavy atom. The molecule has 0 bridgehead atoms. The van der Waals surface area contributed by atoms with E-state index in [4.69, 9.17) is 58.0 Å². The van der Waals surface area contributed by atoms with Gasteiger partial charge in [-0.15, -0.1) is 0 Å². The summed E-state index contributed by atoms with van der Waals surface area (Å²) >= 11 is 29.1. The number of carbonyl (C=O) groups excluding carboxylic acids is 1. The van der Waals surface area contributed by atoms with E-state index >= 15 is 0 Å². The maximum absolute atomic E-state index is 13.1. The third-order valence-electron chi connectivity index (χ3n) is 2.97. The summed E-state index contributed by atoms with van der Waals surface area (Å²) in [6.45, 7) is 0.0361. The van der Waals surface area contributed by atoms with E-state index in [-0.39, 0.29) is 6.54 Å². The number of carbonyl (C=O) groups is 1. The van der Waals surface area contributed by atoms with Crippen molar-refractivity contribution < 1.29 is 9.18 Å². The van der Waals surface area contributed by atoms with Crippen LogP contribution in [0.15, 0.2) is 42.5 Å². The van der Waals surface area contributed by atoms with Crippen molar-refractivity contribution in [1.82, 2.24) is 0 Å². The number of hydrogen-bond donors (Lipinski definition) is 0. The zero-order valence-corrected chi connectivity index (χ0v) is 15.2. The van der Waals surface area contributed by atoms with Crippen molar-refractivity contribution in [3.63, 3.8) is 0 Å². The fraction of sp³-hybridized carbons (Fsp3) is 0.133. The van der Waals surface area contributed by atoms with Crippen LogP contribution in [0.4, 0.5) is 10.1 Å². The maximum atomic E-state index is 13.1. The number of benzene rings is 2. The lowest BCUT2D eigenvalue weighted by Crippen LogP contribution is -2.39. The zero-order valence-electron chi connectivity index (χ0n) is 11.4. The van der Waals surface area contributed by atoms with E-state index in [1.54, 1.807) is 18.2 Å². The van der Waals surface area contributed by atoms with E-state index < -0.39 is 15.5 Å². The van der Waals surface area contributed by atoms with Crippen LogP contribution in [0.1, 0.15) is 5.56 Å². The molecule has 2 nitrogen and oxygen atoms in total. The van der Waals surface area contributed by atoms with Crippen molar-refractivity contribution in [2.24, 2.45) is 0 Å². The average molecular weight is 416 g/mol. The molecule has 0 atom stereocenters. The molecule has 0 spiro atoms. The molecule has 0 N–H and O–H groups in total. The van der Waals surface area contributed by atoms with Gasteiger partial charge in [-0.3, -0.25) is 4.79 Å². The second-order valence-corrected chi connectivity index (χ2v) is 7.73. The van der Waals surface area contributed by atoms with Gasteiger partial charge in [-0.1, -0.05) is 64.1 Å². The minimum atomic E-state index is -2.16. The van der Waals surface area contributed by atoms with Gasteiger partial charge in [0.1, 0.15) is 5.82 Å². The van der Waals surface area contributed by atoms with Crippen LogP contribution in [-0.2, 0) is 11.3 Å². The van der Waals surface area contributed by atoms with Gasteiger partial charge in [0.05, 0.1) is 6.54 Å². The highest BCUT2D eigenvalue weighted by Gasteiger charge is 2.36. The van der Waals surface area contributed by atoms with Crippen LogP contribution in [0.5, 0.6) is 0 Å². The quantitative estimate of drug-likeness (QED) is 0.560. The summed E-state index contributed by atoms with van der Waals surface area (Å²) in [5.74, 6) is -1.22. The van der Waals surface area contributed by atoms with E-state index in [0.717, 1.165) is 0 Å². The Balaban J connectivity index is 2.41. The molecule has 2 aromatic rings. The van der Waals surface area contributed by atoms with Crippen LogP contribution in [0.3, 0.4) is 0 Å². The van der Waals surface area contributed by atoms with Gasteiger partial charge in [-0.25, -0.2) is 4.39 Å². The van der Waals surface area contributed by atoms with Crippen LogP contribution in [0.2, 0.25) is 10.0 Å². The highest BCUT2D eigenvalue weighted by Crippen LogP contribution is 2.33. The van der Waals surface area contributed by atoms with Crippen molar-refractivity contribution in [2.45, 2.75) is 10.3 Å². The molecule has 0 radical (unpaired) electrons. The molecular weight excluding hydrogens is 406 g/mol. The number of nitrogens with zero attached hydrogens (tertiary/aromatic N) is 1. The summed E-state index contributed by atoms with van der Waals surface area (Å²) in [5, 5.41) is 0.821. The maximum Gasteiger partial charge on any atom is 0.279 e. The average Bonchev–Trinajstić information content (AvgIpc) is 2.46. The fourth-order valence-electron chi connectivity index (χ4n) is 1.87. The van der Waals surface area contributed by atoms with Crippen molar-refractivity contribution in [3.05, 3.63) is 63.9 Å². The molecular formula is C15H9Cl5FNO. The number of anilines is 1. The summed E-state index contributed by atoms with van der Waals surface area (Å²) in [7, 11) is 0. The van der Waals surface area contributed by atoms with Gasteiger partial charge in [0.15, 0.2) is 0 Å². The number of hydrogen-bond acceptors (Lipinski definition) is 1. The van der Waals surface area contributed by atoms with Crippen molar-refractivity contribution in [2.75, 3.05) is 4.90 Å².